The van der Waals surface area contributed by atoms with Gasteiger partial charge in [0.1, 0.15) is 0 Å². The normalized spacial score (nSPS) is 21.4. The molecule has 0 radical (unpaired) electrons. The van der Waals surface area contributed by atoms with E-state index in [-0.39, 0.29) is 0 Å². The molecule has 0 saturated carbocycles. The van der Waals surface area contributed by atoms with Crippen LogP contribution in [0.2, 0.25) is 0 Å². The number of nitrogens with one attached hydrogen (secondary N) is 1. The first-order valence-electron chi connectivity index (χ1n) is 8.71. The van der Waals surface area contributed by atoms with Crippen molar-refractivity contribution in [3.8, 4) is 0 Å². The van der Waals surface area contributed by atoms with Crippen LogP contribution in [0.15, 0.2) is 48.5 Å². The molecule has 1 saturated heterocycles. The van der Waals surface area contributed by atoms with E-state index in [0.29, 0.717) is 6.04 Å². The third kappa shape index (κ3) is 2.87. The number of hydrogen-bond donors (Lipinski definition) is 1. The number of nitrogens with zero attached hydrogens (tertiary/aromatic N) is 2. The van der Waals surface area contributed by atoms with E-state index in [1.807, 2.05) is 0 Å². The van der Waals surface area contributed by atoms with Gasteiger partial charge >= 0.3 is 0 Å². The Labute approximate surface area is 138 Å². The van der Waals surface area contributed by atoms with E-state index in [2.05, 4.69) is 70.6 Å². The summed E-state index contributed by atoms with van der Waals surface area (Å²) in [4.78, 5) is 5.09. The fourth-order valence-electron chi connectivity index (χ4n) is 3.83. The quantitative estimate of drug-likeness (QED) is 0.939. The molecular formula is C20H25N3. The molecule has 1 unspecified atom stereocenters. The molecule has 1 fully saturated rings. The molecule has 1 N–H and O–H groups in total. The summed E-state index contributed by atoms with van der Waals surface area (Å²) in [6.07, 6.45) is 1.15. The minimum absolute atomic E-state index is 0.600. The van der Waals surface area contributed by atoms with Crippen LogP contribution in [-0.2, 0) is 13.0 Å². The standard InChI is InChI=1S/C20H25N3/c1-16-14-21-11-13-22(16)15-18-7-3-5-9-20(18)23-12-10-17-6-2-4-8-19(17)23/h2-9,16,21H,10-15H2,1H3. The number of anilines is 2. The van der Waals surface area contributed by atoms with E-state index in [1.165, 1.54) is 22.5 Å². The van der Waals surface area contributed by atoms with Gasteiger partial charge in [0.2, 0.25) is 0 Å². The molecule has 2 heterocycles. The lowest BCUT2D eigenvalue weighted by molar-refractivity contribution is 0.166. The largest absolute Gasteiger partial charge is 0.341 e. The molecule has 0 aromatic heterocycles. The molecule has 2 aromatic rings. The minimum atomic E-state index is 0.600. The summed E-state index contributed by atoms with van der Waals surface area (Å²) in [7, 11) is 0. The molecule has 3 nitrogen and oxygen atoms in total. The predicted molar refractivity (Wildman–Crippen MR) is 96.3 cm³/mol. The zero-order valence-electron chi connectivity index (χ0n) is 13.8. The monoisotopic (exact) mass is 307 g/mol. The van der Waals surface area contributed by atoms with Crippen LogP contribution in [0.5, 0.6) is 0 Å². The van der Waals surface area contributed by atoms with Crippen molar-refractivity contribution >= 4 is 11.4 Å². The van der Waals surface area contributed by atoms with Gasteiger partial charge in [-0.3, -0.25) is 4.90 Å². The van der Waals surface area contributed by atoms with Crippen LogP contribution in [0.25, 0.3) is 0 Å². The Hall–Kier alpha value is -1.84. The zero-order valence-corrected chi connectivity index (χ0v) is 13.8. The molecule has 23 heavy (non-hydrogen) atoms. The van der Waals surface area contributed by atoms with Crippen molar-refractivity contribution in [1.82, 2.24) is 10.2 Å². The molecule has 1 atom stereocenters. The Kier molecular flexibility index (Phi) is 4.06. The van der Waals surface area contributed by atoms with E-state index in [1.54, 1.807) is 0 Å². The minimum Gasteiger partial charge on any atom is -0.341 e. The summed E-state index contributed by atoms with van der Waals surface area (Å²) in [5, 5.41) is 3.48. The van der Waals surface area contributed by atoms with Crippen LogP contribution in [-0.4, -0.2) is 37.1 Å². The SMILES string of the molecule is CC1CNCCN1Cc1ccccc1N1CCc2ccccc21. The second kappa shape index (κ2) is 6.34. The third-order valence-corrected chi connectivity index (χ3v) is 5.18. The van der Waals surface area contributed by atoms with Crippen LogP contribution in [0.3, 0.4) is 0 Å². The van der Waals surface area contributed by atoms with E-state index in [0.717, 1.165) is 39.1 Å². The molecular weight excluding hydrogens is 282 g/mol. The number of piperazine rings is 1. The predicted octanol–water partition coefficient (Wildman–Crippen LogP) is 3.17. The van der Waals surface area contributed by atoms with E-state index in [9.17, 15) is 0 Å². The summed E-state index contributed by atoms with van der Waals surface area (Å²) < 4.78 is 0. The molecule has 120 valence electrons. The van der Waals surface area contributed by atoms with Crippen molar-refractivity contribution in [2.45, 2.75) is 25.9 Å². The Balaban J connectivity index is 1.63. The van der Waals surface area contributed by atoms with Crippen molar-refractivity contribution in [3.63, 3.8) is 0 Å². The highest BCUT2D eigenvalue weighted by molar-refractivity contribution is 5.71. The van der Waals surface area contributed by atoms with Gasteiger partial charge in [-0.25, -0.2) is 0 Å². The van der Waals surface area contributed by atoms with Crippen LogP contribution in [0, 0.1) is 0 Å². The fraction of sp³-hybridized carbons (Fsp3) is 0.400. The highest BCUT2D eigenvalue weighted by Crippen LogP contribution is 2.36. The summed E-state index contributed by atoms with van der Waals surface area (Å²) in [6, 6.07) is 18.3. The van der Waals surface area contributed by atoms with Crippen LogP contribution < -0.4 is 10.2 Å². The molecule has 2 aromatic carbocycles. The fourth-order valence-corrected chi connectivity index (χ4v) is 3.83. The average Bonchev–Trinajstić information content (AvgIpc) is 3.01. The van der Waals surface area contributed by atoms with Gasteiger partial charge in [-0.05, 0) is 36.6 Å². The maximum atomic E-state index is 3.48. The first-order chi connectivity index (χ1) is 11.3. The smallest absolute Gasteiger partial charge is 0.0456 e. The lowest BCUT2D eigenvalue weighted by atomic mass is 10.1. The number of rotatable bonds is 3. The molecule has 3 heteroatoms. The summed E-state index contributed by atoms with van der Waals surface area (Å²) in [5.41, 5.74) is 5.67. The highest BCUT2D eigenvalue weighted by atomic mass is 15.2. The van der Waals surface area contributed by atoms with Gasteiger partial charge in [-0.1, -0.05) is 36.4 Å². The van der Waals surface area contributed by atoms with Crippen LogP contribution in [0.4, 0.5) is 11.4 Å². The van der Waals surface area contributed by atoms with Crippen molar-refractivity contribution in [2.75, 3.05) is 31.1 Å². The van der Waals surface area contributed by atoms with Gasteiger partial charge in [0.15, 0.2) is 0 Å². The van der Waals surface area contributed by atoms with Crippen LogP contribution >= 0.6 is 0 Å². The van der Waals surface area contributed by atoms with Crippen molar-refractivity contribution < 1.29 is 0 Å². The molecule has 0 aliphatic carbocycles. The van der Waals surface area contributed by atoms with Crippen molar-refractivity contribution in [3.05, 3.63) is 59.7 Å². The number of hydrogen-bond acceptors (Lipinski definition) is 3. The Morgan fingerprint density at radius 2 is 1.78 bits per heavy atom. The maximum Gasteiger partial charge on any atom is 0.0456 e. The molecule has 4 rings (SSSR count). The lowest BCUT2D eigenvalue weighted by Gasteiger charge is -2.35. The van der Waals surface area contributed by atoms with Gasteiger partial charge in [-0.2, -0.15) is 0 Å². The van der Waals surface area contributed by atoms with E-state index in [4.69, 9.17) is 0 Å². The molecule has 0 amide bonds. The topological polar surface area (TPSA) is 18.5 Å². The Morgan fingerprint density at radius 1 is 1.00 bits per heavy atom. The summed E-state index contributed by atoms with van der Waals surface area (Å²) in [5.74, 6) is 0. The Bertz CT molecular complexity index is 682. The van der Waals surface area contributed by atoms with Gasteiger partial charge in [0, 0.05) is 50.1 Å². The van der Waals surface area contributed by atoms with Gasteiger partial charge in [0.05, 0.1) is 0 Å². The van der Waals surface area contributed by atoms with Crippen molar-refractivity contribution in [2.24, 2.45) is 0 Å². The van der Waals surface area contributed by atoms with E-state index < -0.39 is 0 Å². The van der Waals surface area contributed by atoms with Gasteiger partial charge in [-0.15, -0.1) is 0 Å². The summed E-state index contributed by atoms with van der Waals surface area (Å²) >= 11 is 0. The highest BCUT2D eigenvalue weighted by Gasteiger charge is 2.24. The zero-order chi connectivity index (χ0) is 15.6. The molecule has 2 aliphatic rings. The molecule has 2 aliphatic heterocycles. The maximum absolute atomic E-state index is 3.48. The number of fused-ring (bicyclic) bond motifs is 1. The molecule has 0 bridgehead atoms. The average molecular weight is 307 g/mol. The Morgan fingerprint density at radius 3 is 2.65 bits per heavy atom. The lowest BCUT2D eigenvalue weighted by Crippen LogP contribution is -2.49. The van der Waals surface area contributed by atoms with Gasteiger partial charge < -0.3 is 10.2 Å². The third-order valence-electron chi connectivity index (χ3n) is 5.18. The first-order valence-corrected chi connectivity index (χ1v) is 8.71. The number of para-hydroxylation sites is 2. The number of benzene rings is 2. The first kappa shape index (κ1) is 14.7. The van der Waals surface area contributed by atoms with E-state index >= 15 is 0 Å². The second-order valence-corrected chi connectivity index (χ2v) is 6.68. The second-order valence-electron chi connectivity index (χ2n) is 6.68. The summed E-state index contributed by atoms with van der Waals surface area (Å²) in [6.45, 7) is 7.77. The van der Waals surface area contributed by atoms with Crippen molar-refractivity contribution in [1.29, 1.82) is 0 Å². The molecule has 0 spiro atoms. The van der Waals surface area contributed by atoms with Gasteiger partial charge in [0.25, 0.3) is 0 Å². The van der Waals surface area contributed by atoms with Crippen LogP contribution in [0.1, 0.15) is 18.1 Å².